The Labute approximate surface area is 230 Å². The monoisotopic (exact) mass is 553 g/mol. The molecule has 0 unspecified atom stereocenters. The van der Waals surface area contributed by atoms with E-state index in [0.717, 1.165) is 83.8 Å². The average molecular weight is 554 g/mol. The van der Waals surface area contributed by atoms with E-state index in [9.17, 15) is 9.59 Å². The molecule has 0 atom stereocenters. The van der Waals surface area contributed by atoms with Gasteiger partial charge in [0.2, 0.25) is 0 Å². The molecular weight excluding hydrogens is 510 g/mol. The summed E-state index contributed by atoms with van der Waals surface area (Å²) in [7, 11) is 0. The van der Waals surface area contributed by atoms with Crippen LogP contribution >= 0.6 is 0 Å². The Balaban J connectivity index is 0.000000185. The fourth-order valence-corrected chi connectivity index (χ4v) is 4.34. The van der Waals surface area contributed by atoms with Crippen molar-refractivity contribution < 1.29 is 38.6 Å². The Kier molecular flexibility index (Phi) is 14.8. The van der Waals surface area contributed by atoms with Crippen LogP contribution in [0.2, 0.25) is 0 Å². The van der Waals surface area contributed by atoms with Crippen LogP contribution in [0.1, 0.15) is 20.7 Å². The highest BCUT2D eigenvalue weighted by Gasteiger charge is 2.36. The van der Waals surface area contributed by atoms with Crippen molar-refractivity contribution in [1.82, 2.24) is 19.8 Å². The average Bonchev–Trinajstić information content (AvgIpc) is 3.23. The maximum absolute atomic E-state index is 12.0. The molecule has 3 fully saturated rings. The Hall–Kier alpha value is -2.04. The molecule has 220 valence electrons. The number of amides is 2. The van der Waals surface area contributed by atoms with Crippen LogP contribution in [0.25, 0.3) is 0 Å². The second-order valence-corrected chi connectivity index (χ2v) is 9.24. The zero-order chi connectivity index (χ0) is 27.7. The highest BCUT2D eigenvalue weighted by molar-refractivity contribution is 6.20. The van der Waals surface area contributed by atoms with Gasteiger partial charge in [-0.3, -0.25) is 29.1 Å². The molecule has 2 amide bonds. The normalized spacial score (nSPS) is 20.6. The maximum Gasteiger partial charge on any atom is 0.285 e. The molecule has 0 radical (unpaired) electrons. The van der Waals surface area contributed by atoms with Crippen LogP contribution in [0.4, 0.5) is 0 Å². The molecule has 0 spiro atoms. The molecule has 13 heteroatoms. The number of aliphatic hydroxyl groups excluding tert-OH is 1. The van der Waals surface area contributed by atoms with Crippen molar-refractivity contribution in [2.45, 2.75) is 0 Å². The fraction of sp³-hybridized carbons (Fsp3) is 0.692. The third kappa shape index (κ3) is 10.8. The summed E-state index contributed by atoms with van der Waals surface area (Å²) in [6, 6.07) is 6.75. The summed E-state index contributed by atoms with van der Waals surface area (Å²) < 4.78 is 15.5. The predicted octanol–water partition coefficient (Wildman–Crippen LogP) is -0.934. The van der Waals surface area contributed by atoms with Gasteiger partial charge in [-0.2, -0.15) is 0 Å². The first-order chi connectivity index (χ1) is 19.1. The first kappa shape index (κ1) is 31.5. The lowest BCUT2D eigenvalue weighted by Gasteiger charge is -2.26. The van der Waals surface area contributed by atoms with Crippen molar-refractivity contribution in [1.29, 1.82) is 0 Å². The smallest absolute Gasteiger partial charge is 0.285 e. The number of hydrogen-bond acceptors (Lipinski definition) is 12. The second kappa shape index (κ2) is 18.3. The van der Waals surface area contributed by atoms with Crippen molar-refractivity contribution in [3.05, 3.63) is 35.4 Å². The lowest BCUT2D eigenvalue weighted by Crippen LogP contribution is -2.40. The molecule has 39 heavy (non-hydrogen) atoms. The number of benzene rings is 1. The van der Waals surface area contributed by atoms with Gasteiger partial charge in [-0.15, -0.1) is 5.06 Å². The van der Waals surface area contributed by atoms with Crippen molar-refractivity contribution in [2.24, 2.45) is 5.90 Å². The van der Waals surface area contributed by atoms with E-state index >= 15 is 0 Å². The van der Waals surface area contributed by atoms with Gasteiger partial charge in [0, 0.05) is 58.9 Å². The molecule has 5 rings (SSSR count). The first-order valence-corrected chi connectivity index (χ1v) is 13.6. The van der Waals surface area contributed by atoms with E-state index in [4.69, 9.17) is 30.1 Å². The minimum absolute atomic E-state index is 0.264. The molecule has 4 aliphatic heterocycles. The van der Waals surface area contributed by atoms with E-state index in [1.54, 1.807) is 24.3 Å². The minimum Gasteiger partial charge on any atom is -0.395 e. The number of rotatable bonds is 9. The summed E-state index contributed by atoms with van der Waals surface area (Å²) in [5.74, 6) is 4.12. The molecule has 4 aliphatic rings. The van der Waals surface area contributed by atoms with Crippen LogP contribution < -0.4 is 5.90 Å². The molecule has 0 saturated carbocycles. The quantitative estimate of drug-likeness (QED) is 0.288. The number of nitrogens with two attached hydrogens (primary N) is 1. The summed E-state index contributed by atoms with van der Waals surface area (Å²) in [6.07, 6.45) is 0. The van der Waals surface area contributed by atoms with Crippen LogP contribution in [0.5, 0.6) is 0 Å². The Morgan fingerprint density at radius 3 is 1.51 bits per heavy atom. The largest absolute Gasteiger partial charge is 0.395 e. The lowest BCUT2D eigenvalue weighted by atomic mass is 10.1. The highest BCUT2D eigenvalue weighted by Crippen LogP contribution is 2.22. The van der Waals surface area contributed by atoms with Crippen molar-refractivity contribution in [2.75, 3.05) is 118 Å². The Bertz CT molecular complexity index is 808. The van der Waals surface area contributed by atoms with Gasteiger partial charge in [0.1, 0.15) is 0 Å². The van der Waals surface area contributed by atoms with E-state index in [2.05, 4.69) is 19.5 Å². The minimum atomic E-state index is -0.382. The molecule has 4 heterocycles. The molecule has 1 aromatic rings. The van der Waals surface area contributed by atoms with Crippen LogP contribution in [0, 0.1) is 0 Å². The van der Waals surface area contributed by atoms with Gasteiger partial charge in [0.05, 0.1) is 70.6 Å². The molecule has 1 aromatic carbocycles. The van der Waals surface area contributed by atoms with Crippen LogP contribution in [-0.4, -0.2) is 155 Å². The van der Waals surface area contributed by atoms with Gasteiger partial charge < -0.3 is 24.2 Å². The number of aliphatic hydroxyl groups is 1. The number of imide groups is 1. The van der Waals surface area contributed by atoms with Gasteiger partial charge in [0.25, 0.3) is 11.8 Å². The zero-order valence-electron chi connectivity index (χ0n) is 22.7. The summed E-state index contributed by atoms with van der Waals surface area (Å²) in [5, 5.41) is 9.40. The summed E-state index contributed by atoms with van der Waals surface area (Å²) in [4.78, 5) is 40.6. The summed E-state index contributed by atoms with van der Waals surface area (Å²) in [6.45, 7) is 14.0. The van der Waals surface area contributed by atoms with Gasteiger partial charge in [-0.05, 0) is 12.1 Å². The first-order valence-electron chi connectivity index (χ1n) is 13.6. The number of fused-ring (bicyclic) bond motifs is 1. The molecular formula is C26H43N5O8. The van der Waals surface area contributed by atoms with Gasteiger partial charge >= 0.3 is 0 Å². The number of morpholine rings is 3. The van der Waals surface area contributed by atoms with E-state index in [-0.39, 0.29) is 18.4 Å². The number of ether oxygens (including phenoxy) is 3. The molecule has 0 aromatic heterocycles. The molecule has 0 bridgehead atoms. The van der Waals surface area contributed by atoms with E-state index in [1.165, 1.54) is 0 Å². The highest BCUT2D eigenvalue weighted by atomic mass is 16.7. The van der Waals surface area contributed by atoms with Crippen molar-refractivity contribution in [3.63, 3.8) is 0 Å². The lowest BCUT2D eigenvalue weighted by molar-refractivity contribution is -0.0992. The number of hydroxylamine groups is 2. The maximum atomic E-state index is 12.0. The Morgan fingerprint density at radius 1 is 0.692 bits per heavy atom. The summed E-state index contributed by atoms with van der Waals surface area (Å²) in [5.41, 5.74) is 0.813. The van der Waals surface area contributed by atoms with E-state index in [0.29, 0.717) is 44.1 Å². The van der Waals surface area contributed by atoms with Crippen molar-refractivity contribution in [3.8, 4) is 0 Å². The topological polar surface area (TPSA) is 139 Å². The third-order valence-corrected chi connectivity index (χ3v) is 6.64. The van der Waals surface area contributed by atoms with Crippen molar-refractivity contribution >= 4 is 11.8 Å². The van der Waals surface area contributed by atoms with Gasteiger partial charge in [-0.25, -0.2) is 5.90 Å². The predicted molar refractivity (Wildman–Crippen MR) is 142 cm³/mol. The number of nitrogens with zero attached hydrogens (tertiary/aromatic N) is 4. The number of carbonyl (C=O) groups excluding carboxylic acids is 2. The number of β-amino-alcohol motifs (C(OH)–C–C–N with tert-alkyl or cyclic N) is 1. The van der Waals surface area contributed by atoms with Crippen LogP contribution in [0.15, 0.2) is 24.3 Å². The SMILES string of the molecule is NOCCN1CCOCC1.O=C1c2ccccc2C(=O)N1OCCN1CCOCC1.OCCN1CCOCC1. The van der Waals surface area contributed by atoms with Gasteiger partial charge in [-0.1, -0.05) is 12.1 Å². The second-order valence-electron chi connectivity index (χ2n) is 9.24. The zero-order valence-corrected chi connectivity index (χ0v) is 22.7. The number of hydrogen-bond donors (Lipinski definition) is 2. The molecule has 0 aliphatic carbocycles. The van der Waals surface area contributed by atoms with E-state index in [1.807, 2.05) is 0 Å². The molecule has 3 N–H and O–H groups in total. The van der Waals surface area contributed by atoms with Gasteiger partial charge in [0.15, 0.2) is 0 Å². The Morgan fingerprint density at radius 2 is 1.10 bits per heavy atom. The van der Waals surface area contributed by atoms with Crippen LogP contribution in [-0.2, 0) is 23.9 Å². The standard InChI is InChI=1S/C14H16N2O4.C6H14N2O2.C6H13NO2/c17-13-11-3-1-2-4-12(11)14(18)16(13)20-10-7-15-5-8-19-9-6-15;7-10-6-3-8-1-4-9-5-2-8;8-4-1-7-2-5-9-6-3-7/h1-4H,5-10H2;1-7H2;8H,1-6H2. The summed E-state index contributed by atoms with van der Waals surface area (Å²) >= 11 is 0. The number of carbonyl (C=O) groups is 2. The fourth-order valence-electron chi connectivity index (χ4n) is 4.34. The van der Waals surface area contributed by atoms with E-state index < -0.39 is 0 Å². The van der Waals surface area contributed by atoms with Crippen LogP contribution in [0.3, 0.4) is 0 Å². The third-order valence-electron chi connectivity index (χ3n) is 6.64. The molecule has 3 saturated heterocycles. The molecule has 13 nitrogen and oxygen atoms in total.